The zero-order valence-electron chi connectivity index (χ0n) is 23.7. The minimum atomic E-state index is -0.411. The predicted molar refractivity (Wildman–Crippen MR) is 188 cm³/mol. The number of ketones is 1. The highest BCUT2D eigenvalue weighted by molar-refractivity contribution is 6.67. The van der Waals surface area contributed by atoms with Crippen LogP contribution in [0.2, 0.25) is 10.0 Å². The zero-order chi connectivity index (χ0) is 31.3. The molecule has 2 N–H and O–H groups in total. The Morgan fingerprint density at radius 1 is 0.511 bits per heavy atom. The van der Waals surface area contributed by atoms with Crippen LogP contribution < -0.4 is 0 Å². The fraction of sp³-hybridized carbons (Fsp3) is 0. The molecule has 220 valence electrons. The smallest absolute Gasteiger partial charge is 0.252 e. The van der Waals surface area contributed by atoms with Crippen molar-refractivity contribution in [3.8, 4) is 0 Å². The van der Waals surface area contributed by atoms with E-state index in [1.165, 1.54) is 0 Å². The van der Waals surface area contributed by atoms with E-state index in [2.05, 4.69) is 9.97 Å². The molecule has 0 spiro atoms. The molecule has 0 fully saturated rings. The molecule has 0 aliphatic carbocycles. The van der Waals surface area contributed by atoms with E-state index in [9.17, 15) is 9.59 Å². The van der Waals surface area contributed by atoms with E-state index >= 15 is 0 Å². The largest absolute Gasteiger partial charge is 0.361 e. The van der Waals surface area contributed by atoms with Gasteiger partial charge in [0.1, 0.15) is 0 Å². The summed E-state index contributed by atoms with van der Waals surface area (Å²) < 4.78 is 0. The van der Waals surface area contributed by atoms with Gasteiger partial charge in [0, 0.05) is 60.9 Å². The van der Waals surface area contributed by atoms with Crippen molar-refractivity contribution in [3.05, 3.63) is 167 Å². The lowest BCUT2D eigenvalue weighted by molar-refractivity contribution is 0.103. The van der Waals surface area contributed by atoms with Crippen molar-refractivity contribution >= 4 is 89.2 Å². The first-order chi connectivity index (χ1) is 21.9. The van der Waals surface area contributed by atoms with Crippen molar-refractivity contribution in [1.29, 1.82) is 0 Å². The number of rotatable bonds is 3. The van der Waals surface area contributed by atoms with Crippen LogP contribution >= 0.6 is 34.8 Å². The molecule has 0 saturated heterocycles. The highest BCUT2D eigenvalue weighted by Gasteiger charge is 2.15. The number of hydrogen-bond donors (Lipinski definition) is 2. The normalized spacial score (nSPS) is 10.7. The summed E-state index contributed by atoms with van der Waals surface area (Å²) in [4.78, 5) is 29.9. The van der Waals surface area contributed by atoms with E-state index in [-0.39, 0.29) is 5.78 Å². The lowest BCUT2D eigenvalue weighted by Crippen LogP contribution is -2.00. The number of benzene rings is 6. The number of hydrogen-bond acceptors (Lipinski definition) is 2. The van der Waals surface area contributed by atoms with E-state index in [0.717, 1.165) is 48.4 Å². The summed E-state index contributed by atoms with van der Waals surface area (Å²) in [7, 11) is 0. The Morgan fingerprint density at radius 3 is 1.76 bits per heavy atom. The fourth-order valence-corrected chi connectivity index (χ4v) is 5.57. The number of nitrogens with one attached hydrogen (secondary N) is 2. The predicted octanol–water partition coefficient (Wildman–Crippen LogP) is 11.2. The summed E-state index contributed by atoms with van der Waals surface area (Å²) in [5, 5.41) is 7.35. The Morgan fingerprint density at radius 2 is 1.09 bits per heavy atom. The summed E-state index contributed by atoms with van der Waals surface area (Å²) in [6.45, 7) is 0. The van der Waals surface area contributed by atoms with Gasteiger partial charge in [0.2, 0.25) is 0 Å². The molecule has 0 unspecified atom stereocenters. The second-order valence-corrected chi connectivity index (χ2v) is 11.5. The number of carbonyl (C=O) groups is 2. The third-order valence-electron chi connectivity index (χ3n) is 7.39. The van der Waals surface area contributed by atoms with Gasteiger partial charge in [-0.25, -0.2) is 0 Å². The van der Waals surface area contributed by atoms with Crippen molar-refractivity contribution in [2.75, 3.05) is 0 Å². The number of halogens is 3. The highest BCUT2D eigenvalue weighted by Crippen LogP contribution is 2.26. The first-order valence-corrected chi connectivity index (χ1v) is 15.2. The lowest BCUT2D eigenvalue weighted by Gasteiger charge is -2.03. The summed E-state index contributed by atoms with van der Waals surface area (Å²) in [5.41, 5.74) is 3.91. The van der Waals surface area contributed by atoms with Crippen LogP contribution in [0.5, 0.6) is 0 Å². The van der Waals surface area contributed by atoms with Gasteiger partial charge >= 0.3 is 0 Å². The Hall–Kier alpha value is -4.87. The molecule has 0 radical (unpaired) electrons. The first-order valence-electron chi connectivity index (χ1n) is 14.1. The maximum Gasteiger partial charge on any atom is 0.252 e. The van der Waals surface area contributed by atoms with Gasteiger partial charge in [0.05, 0.1) is 0 Å². The van der Waals surface area contributed by atoms with Crippen molar-refractivity contribution in [2.24, 2.45) is 0 Å². The summed E-state index contributed by atoms with van der Waals surface area (Å²) >= 11 is 17.2. The van der Waals surface area contributed by atoms with Crippen LogP contribution in [0.3, 0.4) is 0 Å². The lowest BCUT2D eigenvalue weighted by atomic mass is 9.99. The summed E-state index contributed by atoms with van der Waals surface area (Å²) in [6, 6.07) is 40.4. The minimum absolute atomic E-state index is 0.000676. The van der Waals surface area contributed by atoms with Gasteiger partial charge in [-0.15, -0.1) is 0 Å². The first kappa shape index (κ1) is 30.2. The molecule has 0 amide bonds. The Labute approximate surface area is 274 Å². The monoisotopic (exact) mass is 646 g/mol. The molecule has 0 atom stereocenters. The quantitative estimate of drug-likeness (QED) is 0.148. The molecule has 7 heteroatoms. The molecule has 0 bridgehead atoms. The molecule has 45 heavy (non-hydrogen) atoms. The minimum Gasteiger partial charge on any atom is -0.361 e. The molecule has 0 aliphatic rings. The Bertz CT molecular complexity index is 2320. The number of aromatic nitrogens is 2. The van der Waals surface area contributed by atoms with Crippen molar-refractivity contribution < 1.29 is 9.59 Å². The second kappa shape index (κ2) is 13.4. The van der Waals surface area contributed by atoms with Gasteiger partial charge in [-0.3, -0.25) is 9.59 Å². The van der Waals surface area contributed by atoms with Crippen LogP contribution in [0.4, 0.5) is 0 Å². The van der Waals surface area contributed by atoms with Crippen molar-refractivity contribution in [2.45, 2.75) is 0 Å². The van der Waals surface area contributed by atoms with Gasteiger partial charge in [-0.1, -0.05) is 89.9 Å². The molecular formula is C38H25Cl3N2O2. The molecule has 2 aromatic heterocycles. The number of aromatic amines is 2. The van der Waals surface area contributed by atoms with Gasteiger partial charge in [0.15, 0.2) is 5.78 Å². The van der Waals surface area contributed by atoms with Crippen LogP contribution in [-0.2, 0) is 0 Å². The topological polar surface area (TPSA) is 65.7 Å². The maximum absolute atomic E-state index is 12.8. The van der Waals surface area contributed by atoms with Gasteiger partial charge < -0.3 is 9.97 Å². The standard InChI is InChI=1S/C19H12ClNO.C11H7ClO.C8H6ClN/c20-15-7-8-18-16(10-15)17(11-21-18)19(22)14-6-5-12-3-1-2-4-13(12)9-14;12-11(13)10-6-5-8-3-1-2-4-9(8)7-10;9-7-1-2-8-6(5-7)3-4-10-8/h1-11,21H;1-7H;1-5,10H. The van der Waals surface area contributed by atoms with Crippen LogP contribution in [0.15, 0.2) is 140 Å². The van der Waals surface area contributed by atoms with Gasteiger partial charge in [-0.05, 0) is 93.8 Å². The van der Waals surface area contributed by atoms with Crippen LogP contribution in [-0.4, -0.2) is 21.0 Å². The van der Waals surface area contributed by atoms with Crippen molar-refractivity contribution in [1.82, 2.24) is 9.97 Å². The van der Waals surface area contributed by atoms with Gasteiger partial charge in [0.25, 0.3) is 5.24 Å². The molecule has 0 aliphatic heterocycles. The summed E-state index contributed by atoms with van der Waals surface area (Å²) in [6.07, 6.45) is 3.65. The maximum atomic E-state index is 12.8. The molecule has 0 saturated carbocycles. The molecular weight excluding hydrogens is 623 g/mol. The third kappa shape index (κ3) is 6.95. The molecule has 4 nitrogen and oxygen atoms in total. The van der Waals surface area contributed by atoms with Gasteiger partial charge in [-0.2, -0.15) is 0 Å². The summed E-state index contributed by atoms with van der Waals surface area (Å²) in [5.74, 6) is -0.000676. The number of H-pyrrole nitrogens is 2. The van der Waals surface area contributed by atoms with Crippen molar-refractivity contribution in [3.63, 3.8) is 0 Å². The number of fused-ring (bicyclic) bond motifs is 4. The van der Waals surface area contributed by atoms with E-state index < -0.39 is 5.24 Å². The van der Waals surface area contributed by atoms with E-state index in [1.54, 1.807) is 18.3 Å². The molecule has 8 rings (SSSR count). The molecule has 6 aromatic carbocycles. The van der Waals surface area contributed by atoms with Crippen LogP contribution in [0.25, 0.3) is 43.4 Å². The zero-order valence-corrected chi connectivity index (χ0v) is 26.0. The van der Waals surface area contributed by atoms with Crippen LogP contribution in [0.1, 0.15) is 26.3 Å². The van der Waals surface area contributed by atoms with Crippen LogP contribution in [0, 0.1) is 0 Å². The second-order valence-electron chi connectivity index (χ2n) is 10.3. The van der Waals surface area contributed by atoms with E-state index in [1.807, 2.05) is 121 Å². The SMILES string of the molecule is Clc1ccc2[nH]ccc2c1.O=C(Cl)c1ccc2ccccc2c1.O=C(c1ccc2ccccc2c1)c1c[nH]c2ccc(Cl)cc12. The highest BCUT2D eigenvalue weighted by atomic mass is 35.5. The third-order valence-corrected chi connectivity index (χ3v) is 8.08. The number of carbonyl (C=O) groups excluding carboxylic acids is 2. The molecule has 2 heterocycles. The average Bonchev–Trinajstić information content (AvgIpc) is 3.71. The van der Waals surface area contributed by atoms with E-state index in [4.69, 9.17) is 34.8 Å². The van der Waals surface area contributed by atoms with E-state index in [0.29, 0.717) is 21.7 Å². The Balaban J connectivity index is 0.000000131. The average molecular weight is 648 g/mol. The fourth-order valence-electron chi connectivity index (χ4n) is 5.10. The Kier molecular flexibility index (Phi) is 8.99. The molecule has 8 aromatic rings.